The Bertz CT molecular complexity index is 790. The van der Waals surface area contributed by atoms with Crippen molar-refractivity contribution in [3.05, 3.63) is 58.7 Å². The lowest BCUT2D eigenvalue weighted by Crippen LogP contribution is -2.30. The van der Waals surface area contributed by atoms with Gasteiger partial charge in [-0.1, -0.05) is 79.7 Å². The average Bonchev–Trinajstić information content (AvgIpc) is 2.60. The first-order valence-electron chi connectivity index (χ1n) is 10.6. The molecule has 0 heterocycles. The molecule has 3 N–H and O–H groups in total. The molecule has 2 rings (SSSR count). The second-order valence-corrected chi connectivity index (χ2v) is 10.6. The van der Waals surface area contributed by atoms with Crippen LogP contribution < -0.4 is 0 Å². The zero-order valence-electron chi connectivity index (χ0n) is 19.3. The van der Waals surface area contributed by atoms with E-state index >= 15 is 0 Å². The maximum atomic E-state index is 10.6. The van der Waals surface area contributed by atoms with Gasteiger partial charge in [0.15, 0.2) is 0 Å². The maximum Gasteiger partial charge on any atom is 0.119 e. The number of hydrogen-bond donors (Lipinski definition) is 3. The van der Waals surface area contributed by atoms with Crippen LogP contribution in [0.25, 0.3) is 0 Å². The van der Waals surface area contributed by atoms with Crippen molar-refractivity contribution < 1.29 is 15.3 Å². The summed E-state index contributed by atoms with van der Waals surface area (Å²) in [5.41, 5.74) is 3.03. The van der Waals surface area contributed by atoms with E-state index in [0.717, 1.165) is 22.3 Å². The van der Waals surface area contributed by atoms with E-state index in [-0.39, 0.29) is 10.8 Å². The monoisotopic (exact) mass is 398 g/mol. The third kappa shape index (κ3) is 4.95. The zero-order valence-corrected chi connectivity index (χ0v) is 19.3. The second kappa shape index (κ2) is 8.02. The van der Waals surface area contributed by atoms with Crippen LogP contribution in [0.2, 0.25) is 0 Å². The van der Waals surface area contributed by atoms with E-state index in [2.05, 4.69) is 60.6 Å². The van der Waals surface area contributed by atoms with Crippen LogP contribution in [0, 0.1) is 0 Å². The predicted octanol–water partition coefficient (Wildman–Crippen LogP) is 6.16. The van der Waals surface area contributed by atoms with Crippen molar-refractivity contribution in [3.63, 3.8) is 0 Å². The Labute approximate surface area is 176 Å². The van der Waals surface area contributed by atoms with Gasteiger partial charge in [0.1, 0.15) is 11.5 Å². The van der Waals surface area contributed by atoms with E-state index in [1.54, 1.807) is 12.1 Å². The highest BCUT2D eigenvalue weighted by Gasteiger charge is 2.34. The molecule has 0 saturated carbocycles. The molecule has 160 valence electrons. The summed E-state index contributed by atoms with van der Waals surface area (Å²) in [7, 11) is 0. The summed E-state index contributed by atoms with van der Waals surface area (Å²) in [5.74, 6) is 0.585. The molecular weight excluding hydrogens is 360 g/mol. The van der Waals surface area contributed by atoms with Crippen molar-refractivity contribution in [1.82, 2.24) is 0 Å². The third-order valence-corrected chi connectivity index (χ3v) is 6.00. The van der Waals surface area contributed by atoms with Crippen LogP contribution in [0.1, 0.15) is 90.5 Å². The Morgan fingerprint density at radius 1 is 0.724 bits per heavy atom. The number of benzene rings is 2. The maximum absolute atomic E-state index is 10.6. The van der Waals surface area contributed by atoms with Gasteiger partial charge in [-0.25, -0.2) is 0 Å². The normalized spacial score (nSPS) is 14.1. The van der Waals surface area contributed by atoms with E-state index in [0.29, 0.717) is 24.3 Å². The molecule has 3 heteroatoms. The van der Waals surface area contributed by atoms with Crippen LogP contribution in [-0.2, 0) is 16.2 Å². The van der Waals surface area contributed by atoms with Crippen molar-refractivity contribution in [3.8, 4) is 11.5 Å². The number of aromatic hydroxyl groups is 2. The lowest BCUT2D eigenvalue weighted by molar-refractivity contribution is 0.139. The Morgan fingerprint density at radius 2 is 1.10 bits per heavy atom. The van der Waals surface area contributed by atoms with Crippen molar-refractivity contribution in [2.75, 3.05) is 0 Å². The smallest absolute Gasteiger partial charge is 0.119 e. The van der Waals surface area contributed by atoms with Gasteiger partial charge >= 0.3 is 0 Å². The van der Waals surface area contributed by atoms with Gasteiger partial charge in [-0.05, 0) is 58.1 Å². The van der Waals surface area contributed by atoms with Gasteiger partial charge in [-0.2, -0.15) is 0 Å². The minimum absolute atomic E-state index is 0.199. The van der Waals surface area contributed by atoms with Crippen molar-refractivity contribution in [1.29, 1.82) is 0 Å². The van der Waals surface area contributed by atoms with Gasteiger partial charge in [0, 0.05) is 5.41 Å². The van der Waals surface area contributed by atoms with Crippen molar-refractivity contribution in [2.24, 2.45) is 0 Å². The number of rotatable bonds is 5. The third-order valence-electron chi connectivity index (χ3n) is 6.00. The van der Waals surface area contributed by atoms with Gasteiger partial charge in [0.25, 0.3) is 0 Å². The number of aliphatic hydroxyl groups excluding tert-OH is 1. The van der Waals surface area contributed by atoms with Gasteiger partial charge in [0.05, 0.1) is 6.10 Å². The van der Waals surface area contributed by atoms with Crippen LogP contribution in [0.3, 0.4) is 0 Å². The summed E-state index contributed by atoms with van der Waals surface area (Å²) >= 11 is 0. The Kier molecular flexibility index (Phi) is 6.44. The summed E-state index contributed by atoms with van der Waals surface area (Å²) < 4.78 is 0. The van der Waals surface area contributed by atoms with E-state index in [9.17, 15) is 15.3 Å². The molecule has 0 radical (unpaired) electrons. The van der Waals surface area contributed by atoms with E-state index in [1.807, 2.05) is 19.1 Å². The molecule has 2 aromatic carbocycles. The highest BCUT2D eigenvalue weighted by atomic mass is 16.3. The highest BCUT2D eigenvalue weighted by Crippen LogP contribution is 2.43. The second-order valence-electron chi connectivity index (χ2n) is 10.6. The average molecular weight is 399 g/mol. The fourth-order valence-electron chi connectivity index (χ4n) is 3.98. The molecule has 29 heavy (non-hydrogen) atoms. The largest absolute Gasteiger partial charge is 0.508 e. The molecule has 0 amide bonds. The van der Waals surface area contributed by atoms with E-state index in [1.165, 1.54) is 0 Å². The molecule has 0 saturated heterocycles. The molecule has 1 atom stereocenters. The molecule has 0 aliphatic heterocycles. The molecule has 3 nitrogen and oxygen atoms in total. The SMILES string of the molecule is CCC(O)CC(C)(c1ccc(O)c(C(C)(C)C)c1)c1ccc(O)c(C(C)(C)C)c1. The van der Waals surface area contributed by atoms with Crippen LogP contribution in [-0.4, -0.2) is 21.4 Å². The van der Waals surface area contributed by atoms with Crippen LogP contribution in [0.15, 0.2) is 36.4 Å². The first-order valence-corrected chi connectivity index (χ1v) is 10.6. The zero-order chi connectivity index (χ0) is 22.2. The fourth-order valence-corrected chi connectivity index (χ4v) is 3.98. The van der Waals surface area contributed by atoms with Crippen LogP contribution in [0.5, 0.6) is 11.5 Å². The Hall–Kier alpha value is -2.00. The lowest BCUT2D eigenvalue weighted by Gasteiger charge is -2.35. The standard InChI is InChI=1S/C26H38O3/c1-9-19(27)16-26(8,17-10-12-22(28)20(14-17)24(2,3)4)18-11-13-23(29)21(15-18)25(5,6)7/h10-15,19,27-29H,9,16H2,1-8H3. The van der Waals surface area contributed by atoms with Gasteiger partial charge in [-0.15, -0.1) is 0 Å². The predicted molar refractivity (Wildman–Crippen MR) is 121 cm³/mol. The number of phenolic OH excluding ortho intramolecular Hbond substituents is 2. The lowest BCUT2D eigenvalue weighted by atomic mass is 9.69. The molecular formula is C26H38O3. The van der Waals surface area contributed by atoms with Gasteiger partial charge in [-0.3, -0.25) is 0 Å². The molecule has 2 aromatic rings. The van der Waals surface area contributed by atoms with Crippen molar-refractivity contribution in [2.45, 2.75) is 90.6 Å². The Morgan fingerprint density at radius 3 is 1.41 bits per heavy atom. The van der Waals surface area contributed by atoms with Gasteiger partial charge in [0.2, 0.25) is 0 Å². The van der Waals surface area contributed by atoms with Crippen LogP contribution in [0.4, 0.5) is 0 Å². The summed E-state index contributed by atoms with van der Waals surface area (Å²) in [4.78, 5) is 0. The quantitative estimate of drug-likeness (QED) is 0.565. The molecule has 0 spiro atoms. The molecule has 0 fully saturated rings. The topological polar surface area (TPSA) is 60.7 Å². The highest BCUT2D eigenvalue weighted by molar-refractivity contribution is 5.50. The molecule has 0 bridgehead atoms. The molecule has 0 aliphatic rings. The van der Waals surface area contributed by atoms with E-state index < -0.39 is 11.5 Å². The number of phenols is 2. The first kappa shape index (κ1) is 23.3. The number of aliphatic hydroxyl groups is 1. The summed E-state index contributed by atoms with van der Waals surface area (Å²) in [5, 5.41) is 31.5. The fraction of sp³-hybridized carbons (Fsp3) is 0.538. The minimum Gasteiger partial charge on any atom is -0.508 e. The minimum atomic E-state index is -0.461. The molecule has 0 aromatic heterocycles. The Balaban J connectivity index is 2.74. The van der Waals surface area contributed by atoms with Crippen molar-refractivity contribution >= 4 is 0 Å². The summed E-state index contributed by atoms with van der Waals surface area (Å²) in [6.07, 6.45) is 0.787. The van der Waals surface area contributed by atoms with Crippen LogP contribution >= 0.6 is 0 Å². The summed E-state index contributed by atoms with van der Waals surface area (Å²) in [6, 6.07) is 11.6. The molecule has 0 aliphatic carbocycles. The first-order chi connectivity index (χ1) is 13.2. The van der Waals surface area contributed by atoms with Gasteiger partial charge < -0.3 is 15.3 Å². The summed E-state index contributed by atoms with van der Waals surface area (Å²) in [6.45, 7) is 16.6. The number of hydrogen-bond acceptors (Lipinski definition) is 3. The molecule has 1 unspecified atom stereocenters. The van der Waals surface area contributed by atoms with E-state index in [4.69, 9.17) is 0 Å².